The van der Waals surface area contributed by atoms with Crippen LogP contribution in [-0.2, 0) is 14.3 Å². The number of Topliss-reactive ketones (excluding diaryl/α,β-unsaturated/α-hetero) is 1. The van der Waals surface area contributed by atoms with Gasteiger partial charge in [-0.05, 0) is 36.0 Å². The van der Waals surface area contributed by atoms with Crippen molar-refractivity contribution in [2.24, 2.45) is 5.92 Å². The van der Waals surface area contributed by atoms with Crippen LogP contribution in [0, 0.1) is 5.92 Å². The molecule has 2 aromatic carbocycles. The summed E-state index contributed by atoms with van der Waals surface area (Å²) in [5.41, 5.74) is 3.18. The van der Waals surface area contributed by atoms with Crippen LogP contribution in [0.25, 0.3) is 11.1 Å². The third-order valence-corrected chi connectivity index (χ3v) is 5.02. The smallest absolute Gasteiger partial charge is 0.228 e. The Balaban J connectivity index is 1.86. The van der Waals surface area contributed by atoms with Gasteiger partial charge in [-0.15, -0.1) is 0 Å². The van der Waals surface area contributed by atoms with Crippen LogP contribution in [0.2, 0.25) is 0 Å². The Morgan fingerprint density at radius 3 is 2.44 bits per heavy atom. The van der Waals surface area contributed by atoms with E-state index in [1.807, 2.05) is 37.3 Å². The summed E-state index contributed by atoms with van der Waals surface area (Å²) in [6.07, 6.45) is 0.442. The first-order valence-corrected chi connectivity index (χ1v) is 9.55. The Bertz CT molecular complexity index is 800. The van der Waals surface area contributed by atoms with Crippen molar-refractivity contribution in [3.05, 3.63) is 60.2 Å². The highest BCUT2D eigenvalue weighted by Crippen LogP contribution is 2.29. The molecule has 0 unspecified atom stereocenters. The molecule has 1 amide bonds. The maximum absolute atomic E-state index is 13.1. The van der Waals surface area contributed by atoms with Crippen LogP contribution >= 0.6 is 0 Å². The van der Waals surface area contributed by atoms with Crippen LogP contribution in [0.5, 0.6) is 0 Å². The Morgan fingerprint density at radius 2 is 1.81 bits per heavy atom. The van der Waals surface area contributed by atoms with Gasteiger partial charge in [-0.3, -0.25) is 9.59 Å². The second-order valence-corrected chi connectivity index (χ2v) is 7.64. The molecule has 1 N–H and O–H groups in total. The summed E-state index contributed by atoms with van der Waals surface area (Å²) in [6, 6.07) is 17.7. The molecule has 142 valence electrons. The fourth-order valence-corrected chi connectivity index (χ4v) is 3.54. The summed E-state index contributed by atoms with van der Waals surface area (Å²) in [7, 11) is 0. The van der Waals surface area contributed by atoms with E-state index in [-0.39, 0.29) is 30.3 Å². The molecule has 0 radical (unpaired) electrons. The molecule has 1 heterocycles. The van der Waals surface area contributed by atoms with Crippen LogP contribution in [0.3, 0.4) is 0 Å². The third kappa shape index (κ3) is 4.64. The summed E-state index contributed by atoms with van der Waals surface area (Å²) in [6.45, 7) is 6.11. The van der Waals surface area contributed by atoms with Crippen LogP contribution in [0.4, 0.5) is 0 Å². The quantitative estimate of drug-likeness (QED) is 0.843. The number of hydrogen-bond acceptors (Lipinski definition) is 3. The lowest BCUT2D eigenvalue weighted by Gasteiger charge is -2.23. The highest BCUT2D eigenvalue weighted by Gasteiger charge is 2.35. The number of nitrogens with one attached hydrogen (secondary N) is 1. The van der Waals surface area contributed by atoms with Gasteiger partial charge < -0.3 is 10.1 Å². The van der Waals surface area contributed by atoms with Crippen LogP contribution in [-0.4, -0.2) is 30.4 Å². The highest BCUT2D eigenvalue weighted by atomic mass is 16.5. The van der Waals surface area contributed by atoms with Gasteiger partial charge in [0.25, 0.3) is 0 Å². The Morgan fingerprint density at radius 1 is 1.11 bits per heavy atom. The summed E-state index contributed by atoms with van der Waals surface area (Å²) in [4.78, 5) is 25.1. The molecular weight excluding hydrogens is 338 g/mol. The van der Waals surface area contributed by atoms with Crippen molar-refractivity contribution in [1.29, 1.82) is 0 Å². The number of ketones is 1. The van der Waals surface area contributed by atoms with Crippen molar-refractivity contribution >= 4 is 11.7 Å². The lowest BCUT2D eigenvalue weighted by Crippen LogP contribution is -2.45. The second-order valence-electron chi connectivity index (χ2n) is 7.64. The largest absolute Gasteiger partial charge is 0.368 e. The lowest BCUT2D eigenvalue weighted by molar-refractivity contribution is -0.127. The van der Waals surface area contributed by atoms with E-state index in [0.29, 0.717) is 5.92 Å². The molecule has 3 rings (SSSR count). The molecule has 3 atom stereocenters. The van der Waals surface area contributed by atoms with Crippen molar-refractivity contribution in [2.45, 2.75) is 45.3 Å². The van der Waals surface area contributed by atoms with E-state index >= 15 is 0 Å². The molecule has 4 heteroatoms. The molecule has 0 spiro atoms. The van der Waals surface area contributed by atoms with Crippen molar-refractivity contribution in [1.82, 2.24) is 5.32 Å². The van der Waals surface area contributed by atoms with Crippen molar-refractivity contribution in [3.63, 3.8) is 0 Å². The number of ether oxygens (including phenoxy) is 1. The van der Waals surface area contributed by atoms with E-state index in [9.17, 15) is 9.59 Å². The van der Waals surface area contributed by atoms with Gasteiger partial charge in [0.1, 0.15) is 12.6 Å². The fourth-order valence-electron chi connectivity index (χ4n) is 3.54. The highest BCUT2D eigenvalue weighted by molar-refractivity contribution is 5.93. The molecule has 0 bridgehead atoms. The van der Waals surface area contributed by atoms with E-state index in [0.717, 1.165) is 23.1 Å². The molecular formula is C23H27NO3. The van der Waals surface area contributed by atoms with Crippen LogP contribution in [0.15, 0.2) is 54.6 Å². The van der Waals surface area contributed by atoms with Crippen LogP contribution in [0.1, 0.15) is 38.7 Å². The Labute approximate surface area is 160 Å². The van der Waals surface area contributed by atoms with Crippen LogP contribution < -0.4 is 5.32 Å². The molecule has 1 aliphatic heterocycles. The molecule has 0 aliphatic carbocycles. The minimum Gasteiger partial charge on any atom is -0.368 e. The van der Waals surface area contributed by atoms with E-state index in [4.69, 9.17) is 4.74 Å². The fraction of sp³-hybridized carbons (Fsp3) is 0.391. The summed E-state index contributed by atoms with van der Waals surface area (Å²) >= 11 is 0. The SMILES string of the molecule is CC(C)C[C@@H](C(=O)N[C@H]1C(=O)CO[C@H]1C)c1cccc(-c2ccccc2)c1. The average Bonchev–Trinajstić information content (AvgIpc) is 2.98. The van der Waals surface area contributed by atoms with Gasteiger partial charge in [-0.25, -0.2) is 0 Å². The number of amides is 1. The minimum atomic E-state index is -0.551. The lowest BCUT2D eigenvalue weighted by atomic mass is 9.87. The maximum atomic E-state index is 13.1. The van der Waals surface area contributed by atoms with E-state index in [1.54, 1.807) is 0 Å². The molecule has 2 aromatic rings. The van der Waals surface area contributed by atoms with E-state index < -0.39 is 6.04 Å². The first-order valence-electron chi connectivity index (χ1n) is 9.55. The first-order chi connectivity index (χ1) is 13.0. The monoisotopic (exact) mass is 365 g/mol. The zero-order valence-electron chi connectivity index (χ0n) is 16.1. The number of carbonyl (C=O) groups excluding carboxylic acids is 2. The average molecular weight is 365 g/mol. The topological polar surface area (TPSA) is 55.4 Å². The third-order valence-electron chi connectivity index (χ3n) is 5.02. The van der Waals surface area contributed by atoms with E-state index in [1.165, 1.54) is 0 Å². The standard InChI is InChI=1S/C23H27NO3/c1-15(2)12-20(23(26)24-22-16(3)27-14-21(22)25)19-11-7-10-18(13-19)17-8-5-4-6-9-17/h4-11,13,15-16,20,22H,12,14H2,1-3H3,(H,24,26)/t16-,20+,22+/m0/s1. The zero-order valence-corrected chi connectivity index (χ0v) is 16.1. The number of carbonyl (C=O) groups is 2. The summed E-state index contributed by atoms with van der Waals surface area (Å²) in [5.74, 6) is -0.106. The first kappa shape index (κ1) is 19.3. The maximum Gasteiger partial charge on any atom is 0.228 e. The molecule has 27 heavy (non-hydrogen) atoms. The molecule has 1 fully saturated rings. The van der Waals surface area contributed by atoms with Crippen molar-refractivity contribution < 1.29 is 14.3 Å². The molecule has 1 saturated heterocycles. The Hall–Kier alpha value is -2.46. The van der Waals surface area contributed by atoms with Gasteiger partial charge in [-0.2, -0.15) is 0 Å². The van der Waals surface area contributed by atoms with Crippen molar-refractivity contribution in [3.8, 4) is 11.1 Å². The predicted octanol–water partition coefficient (Wildman–Crippen LogP) is 3.96. The molecule has 0 aromatic heterocycles. The molecule has 4 nitrogen and oxygen atoms in total. The number of hydrogen-bond donors (Lipinski definition) is 1. The molecule has 1 aliphatic rings. The van der Waals surface area contributed by atoms with Gasteiger partial charge in [0.2, 0.25) is 5.91 Å². The van der Waals surface area contributed by atoms with Gasteiger partial charge >= 0.3 is 0 Å². The van der Waals surface area contributed by atoms with Gasteiger partial charge in [-0.1, -0.05) is 68.4 Å². The van der Waals surface area contributed by atoms with E-state index in [2.05, 4.69) is 43.4 Å². The van der Waals surface area contributed by atoms with Gasteiger partial charge in [0.05, 0.1) is 12.0 Å². The van der Waals surface area contributed by atoms with Gasteiger partial charge in [0.15, 0.2) is 5.78 Å². The Kier molecular flexibility index (Phi) is 6.07. The summed E-state index contributed by atoms with van der Waals surface area (Å²) in [5, 5.41) is 2.93. The van der Waals surface area contributed by atoms with Gasteiger partial charge in [0, 0.05) is 0 Å². The predicted molar refractivity (Wildman–Crippen MR) is 106 cm³/mol. The number of rotatable bonds is 6. The zero-order chi connectivity index (χ0) is 19.4. The number of benzene rings is 2. The normalized spacial score (nSPS) is 20.7. The minimum absolute atomic E-state index is 0.0582. The second kappa shape index (κ2) is 8.49. The van der Waals surface area contributed by atoms with Crippen molar-refractivity contribution in [2.75, 3.05) is 6.61 Å². The molecule has 0 saturated carbocycles. The summed E-state index contributed by atoms with van der Waals surface area (Å²) < 4.78 is 5.36.